The molecule has 16 heavy (non-hydrogen) atoms. The van der Waals surface area contributed by atoms with E-state index in [1.54, 1.807) is 0 Å². The average molecular weight is 288 g/mol. The Hall–Kier alpha value is -0.450. The molecule has 0 aromatic heterocycles. The standard InChI is InChI=1S/C12H15BrFNO/c13-11-5-9(1-2-12(11)14)6-15-4-3-10(7-15)8-16/h1-2,5,10,16H,3-4,6-8H2/t10-/m0/s1. The Labute approximate surface area is 103 Å². The van der Waals surface area contributed by atoms with Crippen molar-refractivity contribution < 1.29 is 9.50 Å². The molecule has 1 heterocycles. The minimum absolute atomic E-state index is 0.224. The fourth-order valence-corrected chi connectivity index (χ4v) is 2.53. The maximum absolute atomic E-state index is 13.0. The second-order valence-corrected chi connectivity index (χ2v) is 5.18. The number of aliphatic hydroxyl groups is 1. The third kappa shape index (κ3) is 2.81. The van der Waals surface area contributed by atoms with Crippen LogP contribution in [0.3, 0.4) is 0 Å². The van der Waals surface area contributed by atoms with Crippen molar-refractivity contribution in [2.24, 2.45) is 5.92 Å². The fourth-order valence-electron chi connectivity index (χ4n) is 2.10. The summed E-state index contributed by atoms with van der Waals surface area (Å²) in [6.07, 6.45) is 1.05. The lowest BCUT2D eigenvalue weighted by Crippen LogP contribution is -2.20. The second kappa shape index (κ2) is 5.25. The van der Waals surface area contributed by atoms with Gasteiger partial charge in [0.05, 0.1) is 4.47 Å². The summed E-state index contributed by atoms with van der Waals surface area (Å²) in [5.74, 6) is 0.183. The van der Waals surface area contributed by atoms with Crippen LogP contribution in [0.15, 0.2) is 22.7 Å². The topological polar surface area (TPSA) is 23.5 Å². The van der Waals surface area contributed by atoms with Gasteiger partial charge in [0, 0.05) is 19.7 Å². The smallest absolute Gasteiger partial charge is 0.137 e. The molecule has 1 aliphatic rings. The molecule has 0 bridgehead atoms. The minimum Gasteiger partial charge on any atom is -0.396 e. The summed E-state index contributed by atoms with van der Waals surface area (Å²) in [5.41, 5.74) is 1.10. The number of aliphatic hydroxyl groups excluding tert-OH is 1. The molecule has 1 fully saturated rings. The van der Waals surface area contributed by atoms with E-state index in [4.69, 9.17) is 5.11 Å². The van der Waals surface area contributed by atoms with E-state index < -0.39 is 0 Å². The number of benzene rings is 1. The van der Waals surface area contributed by atoms with Crippen molar-refractivity contribution in [3.63, 3.8) is 0 Å². The zero-order chi connectivity index (χ0) is 11.5. The van der Waals surface area contributed by atoms with E-state index >= 15 is 0 Å². The minimum atomic E-state index is -0.224. The number of rotatable bonds is 3. The van der Waals surface area contributed by atoms with E-state index in [1.165, 1.54) is 6.07 Å². The van der Waals surface area contributed by atoms with Crippen molar-refractivity contribution in [2.45, 2.75) is 13.0 Å². The van der Waals surface area contributed by atoms with Gasteiger partial charge in [0.1, 0.15) is 5.82 Å². The van der Waals surface area contributed by atoms with Crippen molar-refractivity contribution in [2.75, 3.05) is 19.7 Å². The van der Waals surface area contributed by atoms with Gasteiger partial charge in [-0.1, -0.05) is 6.07 Å². The van der Waals surface area contributed by atoms with Crippen LogP contribution in [0.5, 0.6) is 0 Å². The molecule has 0 amide bonds. The quantitative estimate of drug-likeness (QED) is 0.923. The number of likely N-dealkylation sites (tertiary alicyclic amines) is 1. The molecule has 1 aromatic carbocycles. The molecule has 2 rings (SSSR count). The third-order valence-electron chi connectivity index (χ3n) is 3.02. The van der Waals surface area contributed by atoms with Crippen LogP contribution in [0, 0.1) is 11.7 Å². The van der Waals surface area contributed by atoms with Crippen LogP contribution in [0.4, 0.5) is 4.39 Å². The van der Waals surface area contributed by atoms with Gasteiger partial charge in [-0.05, 0) is 52.5 Å². The molecule has 1 aliphatic heterocycles. The van der Waals surface area contributed by atoms with Crippen molar-refractivity contribution in [1.82, 2.24) is 4.90 Å². The molecule has 0 saturated carbocycles. The van der Waals surface area contributed by atoms with Gasteiger partial charge in [-0.3, -0.25) is 4.90 Å². The summed E-state index contributed by atoms with van der Waals surface area (Å²) in [4.78, 5) is 2.29. The molecule has 0 radical (unpaired) electrons. The molecule has 1 atom stereocenters. The van der Waals surface area contributed by atoms with Gasteiger partial charge in [-0.15, -0.1) is 0 Å². The monoisotopic (exact) mass is 287 g/mol. The highest BCUT2D eigenvalue weighted by molar-refractivity contribution is 9.10. The highest BCUT2D eigenvalue weighted by atomic mass is 79.9. The number of hydrogen-bond donors (Lipinski definition) is 1. The number of hydrogen-bond acceptors (Lipinski definition) is 2. The summed E-state index contributed by atoms with van der Waals surface area (Å²) in [6.45, 7) is 3.05. The van der Waals surface area contributed by atoms with E-state index in [2.05, 4.69) is 20.8 Å². The molecular formula is C12H15BrFNO. The van der Waals surface area contributed by atoms with Crippen LogP contribution in [-0.2, 0) is 6.54 Å². The van der Waals surface area contributed by atoms with Crippen LogP contribution in [0.2, 0.25) is 0 Å². The van der Waals surface area contributed by atoms with E-state index in [9.17, 15) is 4.39 Å². The predicted octanol–water partition coefficient (Wildman–Crippen LogP) is 2.40. The molecule has 1 N–H and O–H groups in total. The van der Waals surface area contributed by atoms with Gasteiger partial charge in [-0.2, -0.15) is 0 Å². The zero-order valence-electron chi connectivity index (χ0n) is 9.00. The first-order valence-electron chi connectivity index (χ1n) is 5.46. The molecule has 0 spiro atoms. The molecule has 4 heteroatoms. The Morgan fingerprint density at radius 2 is 2.31 bits per heavy atom. The highest BCUT2D eigenvalue weighted by Crippen LogP contribution is 2.21. The lowest BCUT2D eigenvalue weighted by Gasteiger charge is -2.15. The van der Waals surface area contributed by atoms with Crippen molar-refractivity contribution in [3.8, 4) is 0 Å². The van der Waals surface area contributed by atoms with Gasteiger partial charge in [0.15, 0.2) is 0 Å². The normalized spacial score (nSPS) is 21.6. The second-order valence-electron chi connectivity index (χ2n) is 4.32. The lowest BCUT2D eigenvalue weighted by atomic mass is 10.1. The zero-order valence-corrected chi connectivity index (χ0v) is 10.6. The number of nitrogens with zero attached hydrogens (tertiary/aromatic N) is 1. The average Bonchev–Trinajstić information content (AvgIpc) is 2.71. The maximum atomic E-state index is 13.0. The van der Waals surface area contributed by atoms with Crippen LogP contribution >= 0.6 is 15.9 Å². The summed E-state index contributed by atoms with van der Waals surface area (Å²) < 4.78 is 13.6. The number of halogens is 2. The molecule has 2 nitrogen and oxygen atoms in total. The predicted molar refractivity (Wildman–Crippen MR) is 64.6 cm³/mol. The van der Waals surface area contributed by atoms with E-state index in [0.717, 1.165) is 31.6 Å². The van der Waals surface area contributed by atoms with Crippen LogP contribution in [0.1, 0.15) is 12.0 Å². The Morgan fingerprint density at radius 3 is 2.94 bits per heavy atom. The summed E-state index contributed by atoms with van der Waals surface area (Å²) >= 11 is 3.19. The first-order chi connectivity index (χ1) is 7.69. The Balaban J connectivity index is 1.97. The third-order valence-corrected chi connectivity index (χ3v) is 3.63. The largest absolute Gasteiger partial charge is 0.396 e. The van der Waals surface area contributed by atoms with E-state index in [0.29, 0.717) is 10.4 Å². The molecular weight excluding hydrogens is 273 g/mol. The first kappa shape index (κ1) is 12.0. The Kier molecular flexibility index (Phi) is 3.95. The first-order valence-corrected chi connectivity index (χ1v) is 6.25. The molecule has 1 aromatic rings. The fraction of sp³-hybridized carbons (Fsp3) is 0.500. The van der Waals surface area contributed by atoms with Crippen LogP contribution in [0.25, 0.3) is 0 Å². The van der Waals surface area contributed by atoms with Gasteiger partial charge in [0.2, 0.25) is 0 Å². The van der Waals surface area contributed by atoms with Crippen molar-refractivity contribution >= 4 is 15.9 Å². The Bertz CT molecular complexity index is 372. The van der Waals surface area contributed by atoms with Gasteiger partial charge < -0.3 is 5.11 Å². The molecule has 0 aliphatic carbocycles. The van der Waals surface area contributed by atoms with Gasteiger partial charge in [0.25, 0.3) is 0 Å². The lowest BCUT2D eigenvalue weighted by molar-refractivity contribution is 0.220. The SMILES string of the molecule is OC[C@H]1CCN(Cc2ccc(F)c(Br)c2)C1. The van der Waals surface area contributed by atoms with Crippen LogP contribution < -0.4 is 0 Å². The van der Waals surface area contributed by atoms with E-state index in [1.807, 2.05) is 12.1 Å². The van der Waals surface area contributed by atoms with Gasteiger partial charge >= 0.3 is 0 Å². The highest BCUT2D eigenvalue weighted by Gasteiger charge is 2.21. The summed E-state index contributed by atoms with van der Waals surface area (Å²) in [6, 6.07) is 5.12. The maximum Gasteiger partial charge on any atom is 0.137 e. The summed E-state index contributed by atoms with van der Waals surface area (Å²) in [5, 5.41) is 9.05. The molecule has 0 unspecified atom stereocenters. The molecule has 1 saturated heterocycles. The summed E-state index contributed by atoms with van der Waals surface area (Å²) in [7, 11) is 0. The van der Waals surface area contributed by atoms with E-state index in [-0.39, 0.29) is 12.4 Å². The van der Waals surface area contributed by atoms with Crippen LogP contribution in [-0.4, -0.2) is 29.7 Å². The van der Waals surface area contributed by atoms with Crippen molar-refractivity contribution in [3.05, 3.63) is 34.1 Å². The molecule has 88 valence electrons. The van der Waals surface area contributed by atoms with Gasteiger partial charge in [-0.25, -0.2) is 4.39 Å². The van der Waals surface area contributed by atoms with Crippen molar-refractivity contribution in [1.29, 1.82) is 0 Å². The Morgan fingerprint density at radius 1 is 1.50 bits per heavy atom.